The lowest BCUT2D eigenvalue weighted by Crippen LogP contribution is -2.02. The Hall–Kier alpha value is -2.04. The number of hydrogen-bond donors (Lipinski definition) is 0. The summed E-state index contributed by atoms with van der Waals surface area (Å²) < 4.78 is 9.52. The van der Waals surface area contributed by atoms with E-state index in [-0.39, 0.29) is 6.61 Å². The third kappa shape index (κ3) is 4.00. The Balaban J connectivity index is 2.46. The van der Waals surface area contributed by atoms with Gasteiger partial charge in [-0.15, -0.1) is 0 Å². The molecule has 0 unspecified atom stereocenters. The second-order valence-corrected chi connectivity index (χ2v) is 2.78. The van der Waals surface area contributed by atoms with Crippen LogP contribution in [-0.2, 0) is 9.57 Å². The average molecular weight is 223 g/mol. The zero-order valence-corrected chi connectivity index (χ0v) is 9.17. The maximum absolute atomic E-state index is 10.8. The van der Waals surface area contributed by atoms with Crippen molar-refractivity contribution in [2.24, 2.45) is 5.16 Å². The molecule has 0 fully saturated rings. The van der Waals surface area contributed by atoms with Gasteiger partial charge in [-0.05, 0) is 36.8 Å². The van der Waals surface area contributed by atoms with E-state index in [4.69, 9.17) is 4.74 Å². The zero-order chi connectivity index (χ0) is 11.8. The molecule has 5 nitrogen and oxygen atoms in total. The van der Waals surface area contributed by atoms with Crippen molar-refractivity contribution < 1.29 is 19.1 Å². The number of benzene rings is 1. The van der Waals surface area contributed by atoms with Crippen molar-refractivity contribution in [3.8, 4) is 5.75 Å². The first-order valence-electron chi connectivity index (χ1n) is 4.77. The summed E-state index contributed by atoms with van der Waals surface area (Å²) >= 11 is 0. The molecule has 1 rings (SSSR count). The van der Waals surface area contributed by atoms with Crippen molar-refractivity contribution in [3.63, 3.8) is 0 Å². The van der Waals surface area contributed by atoms with Gasteiger partial charge in [-0.2, -0.15) is 0 Å². The highest BCUT2D eigenvalue weighted by molar-refractivity contribution is 5.79. The average Bonchev–Trinajstić information content (AvgIpc) is 2.30. The van der Waals surface area contributed by atoms with Crippen molar-refractivity contribution in [3.05, 3.63) is 29.8 Å². The summed E-state index contributed by atoms with van der Waals surface area (Å²) in [7, 11) is 1.59. The fraction of sp³-hybridized carbons (Fsp3) is 0.273. The van der Waals surface area contributed by atoms with E-state index in [0.717, 1.165) is 11.3 Å². The van der Waals surface area contributed by atoms with E-state index in [1.807, 2.05) is 0 Å². The van der Waals surface area contributed by atoms with Crippen LogP contribution in [0.2, 0.25) is 0 Å². The van der Waals surface area contributed by atoms with E-state index in [0.29, 0.717) is 0 Å². The molecule has 0 heterocycles. The van der Waals surface area contributed by atoms with Gasteiger partial charge in [0.25, 0.3) is 0 Å². The van der Waals surface area contributed by atoms with Gasteiger partial charge < -0.3 is 9.47 Å². The Morgan fingerprint density at radius 1 is 1.38 bits per heavy atom. The number of nitrogens with zero attached hydrogens (tertiary/aromatic N) is 1. The van der Waals surface area contributed by atoms with Gasteiger partial charge >= 0.3 is 6.16 Å². The van der Waals surface area contributed by atoms with Gasteiger partial charge in [0.15, 0.2) is 0 Å². The van der Waals surface area contributed by atoms with Crippen LogP contribution in [0.15, 0.2) is 29.4 Å². The number of carbonyl (C=O) groups is 1. The summed E-state index contributed by atoms with van der Waals surface area (Å²) in [6.07, 6.45) is 0.600. The summed E-state index contributed by atoms with van der Waals surface area (Å²) in [6, 6.07) is 7.14. The third-order valence-corrected chi connectivity index (χ3v) is 1.71. The number of rotatable bonds is 4. The molecular weight excluding hydrogens is 210 g/mol. The van der Waals surface area contributed by atoms with Gasteiger partial charge in [0.05, 0.1) is 19.9 Å². The largest absolute Gasteiger partial charge is 0.535 e. The summed E-state index contributed by atoms with van der Waals surface area (Å²) in [5.74, 6) is 0.753. The molecule has 0 bridgehead atoms. The first kappa shape index (κ1) is 12.0. The van der Waals surface area contributed by atoms with Crippen molar-refractivity contribution in [2.75, 3.05) is 13.7 Å². The maximum atomic E-state index is 10.8. The molecule has 1 aromatic rings. The van der Waals surface area contributed by atoms with Crippen LogP contribution < -0.4 is 4.74 Å². The summed E-state index contributed by atoms with van der Waals surface area (Å²) in [5.41, 5.74) is 0.796. The van der Waals surface area contributed by atoms with E-state index >= 15 is 0 Å². The third-order valence-electron chi connectivity index (χ3n) is 1.71. The van der Waals surface area contributed by atoms with Crippen molar-refractivity contribution in [1.29, 1.82) is 0 Å². The normalized spacial score (nSPS) is 10.1. The minimum Gasteiger partial charge on any atom is -0.497 e. The highest BCUT2D eigenvalue weighted by Crippen LogP contribution is 2.09. The Kier molecular flexibility index (Phi) is 4.85. The lowest BCUT2D eigenvalue weighted by Gasteiger charge is -1.99. The van der Waals surface area contributed by atoms with E-state index in [2.05, 4.69) is 14.7 Å². The first-order valence-corrected chi connectivity index (χ1v) is 4.77. The van der Waals surface area contributed by atoms with Crippen LogP contribution >= 0.6 is 0 Å². The molecule has 5 heteroatoms. The zero-order valence-electron chi connectivity index (χ0n) is 9.17. The van der Waals surface area contributed by atoms with E-state index in [1.165, 1.54) is 6.21 Å². The fourth-order valence-corrected chi connectivity index (χ4v) is 0.964. The smallest absolute Gasteiger partial charge is 0.497 e. The highest BCUT2D eigenvalue weighted by atomic mass is 16.8. The predicted molar refractivity (Wildman–Crippen MR) is 58.7 cm³/mol. The van der Waals surface area contributed by atoms with E-state index < -0.39 is 6.16 Å². The second-order valence-electron chi connectivity index (χ2n) is 2.78. The van der Waals surface area contributed by atoms with Crippen LogP contribution in [0, 0.1) is 0 Å². The standard InChI is InChI=1S/C11H13NO4/c1-3-15-11(13)16-12-8-9-4-6-10(14-2)7-5-9/h4-8H,3H2,1-2H3/b12-8-. The summed E-state index contributed by atoms with van der Waals surface area (Å²) in [5, 5.41) is 3.48. The first-order chi connectivity index (χ1) is 7.76. The molecule has 0 aliphatic heterocycles. The topological polar surface area (TPSA) is 57.1 Å². The van der Waals surface area contributed by atoms with Crippen LogP contribution in [0.1, 0.15) is 12.5 Å². The molecule has 16 heavy (non-hydrogen) atoms. The van der Waals surface area contributed by atoms with Crippen LogP contribution in [0.4, 0.5) is 4.79 Å². The molecule has 0 spiro atoms. The molecule has 0 aromatic heterocycles. The van der Waals surface area contributed by atoms with Crippen molar-refractivity contribution >= 4 is 12.4 Å². The summed E-state index contributed by atoms with van der Waals surface area (Å²) in [4.78, 5) is 15.2. The SMILES string of the molecule is CCOC(=O)O/N=C\c1ccc(OC)cc1. The van der Waals surface area contributed by atoms with E-state index in [1.54, 1.807) is 38.3 Å². The second kappa shape index (κ2) is 6.44. The van der Waals surface area contributed by atoms with Gasteiger partial charge in [0, 0.05) is 0 Å². The molecule has 0 atom stereocenters. The molecule has 0 N–H and O–H groups in total. The number of hydrogen-bond acceptors (Lipinski definition) is 5. The Morgan fingerprint density at radius 2 is 2.06 bits per heavy atom. The minimum absolute atomic E-state index is 0.261. The lowest BCUT2D eigenvalue weighted by atomic mass is 10.2. The monoisotopic (exact) mass is 223 g/mol. The quantitative estimate of drug-likeness (QED) is 0.340. The number of carbonyl (C=O) groups excluding carboxylic acids is 1. The Bertz CT molecular complexity index is 359. The van der Waals surface area contributed by atoms with Gasteiger partial charge in [-0.3, -0.25) is 4.84 Å². The predicted octanol–water partition coefficient (Wildman–Crippen LogP) is 2.20. The molecule has 0 saturated carbocycles. The molecule has 0 amide bonds. The molecule has 0 aliphatic carbocycles. The van der Waals surface area contributed by atoms with Gasteiger partial charge in [-0.1, -0.05) is 5.16 Å². The van der Waals surface area contributed by atoms with Gasteiger partial charge in [0.1, 0.15) is 5.75 Å². The summed E-state index contributed by atoms with van der Waals surface area (Å²) in [6.45, 7) is 1.95. The van der Waals surface area contributed by atoms with Crippen molar-refractivity contribution in [1.82, 2.24) is 0 Å². The molecular formula is C11H13NO4. The number of ether oxygens (including phenoxy) is 2. The molecule has 0 saturated heterocycles. The van der Waals surface area contributed by atoms with E-state index in [9.17, 15) is 4.79 Å². The number of oxime groups is 1. The molecule has 0 aliphatic rings. The maximum Gasteiger partial charge on any atom is 0.535 e. The molecule has 0 radical (unpaired) electrons. The Morgan fingerprint density at radius 3 is 2.62 bits per heavy atom. The van der Waals surface area contributed by atoms with Crippen LogP contribution in [0.25, 0.3) is 0 Å². The van der Waals surface area contributed by atoms with Crippen molar-refractivity contribution in [2.45, 2.75) is 6.92 Å². The molecule has 1 aromatic carbocycles. The van der Waals surface area contributed by atoms with Crippen LogP contribution in [-0.4, -0.2) is 26.1 Å². The highest BCUT2D eigenvalue weighted by Gasteiger charge is 1.99. The van der Waals surface area contributed by atoms with Gasteiger partial charge in [0.2, 0.25) is 0 Å². The fourth-order valence-electron chi connectivity index (χ4n) is 0.964. The minimum atomic E-state index is -0.813. The number of methoxy groups -OCH3 is 1. The lowest BCUT2D eigenvalue weighted by molar-refractivity contribution is 0.0618. The van der Waals surface area contributed by atoms with Crippen LogP contribution in [0.5, 0.6) is 5.75 Å². The Labute approximate surface area is 93.6 Å². The van der Waals surface area contributed by atoms with Crippen LogP contribution in [0.3, 0.4) is 0 Å². The van der Waals surface area contributed by atoms with Gasteiger partial charge in [-0.25, -0.2) is 4.79 Å². The molecule has 86 valence electrons.